The number of hydrogen-bond acceptors (Lipinski definition) is 2. The van der Waals surface area contributed by atoms with E-state index in [4.69, 9.17) is 16.3 Å². The minimum Gasteiger partial charge on any atom is -0.494 e. The molecule has 0 aliphatic heterocycles. The van der Waals surface area contributed by atoms with E-state index in [9.17, 15) is 0 Å². The minimum atomic E-state index is 0.423. The van der Waals surface area contributed by atoms with Crippen molar-refractivity contribution >= 4 is 24.2 Å². The van der Waals surface area contributed by atoms with Gasteiger partial charge in [0.2, 0.25) is 0 Å². The van der Waals surface area contributed by atoms with Crippen molar-refractivity contribution in [2.45, 2.75) is 40.0 Å². The van der Waals surface area contributed by atoms with Crippen molar-refractivity contribution in [1.29, 1.82) is 0 Å². The van der Waals surface area contributed by atoms with Crippen molar-refractivity contribution in [3.63, 3.8) is 0 Å². The van der Waals surface area contributed by atoms with Gasteiger partial charge in [-0.2, -0.15) is 12.6 Å². The van der Waals surface area contributed by atoms with E-state index in [2.05, 4.69) is 26.5 Å². The lowest BCUT2D eigenvalue weighted by molar-refractivity contribution is 0.334. The molecule has 0 amide bonds. The van der Waals surface area contributed by atoms with Gasteiger partial charge in [-0.3, -0.25) is 0 Å². The van der Waals surface area contributed by atoms with Crippen molar-refractivity contribution in [2.75, 3.05) is 12.4 Å². The molecule has 0 spiro atoms. The first-order valence-electron chi connectivity index (χ1n) is 6.06. The summed E-state index contributed by atoms with van der Waals surface area (Å²) in [6, 6.07) is 2.04. The fraction of sp³-hybridized carbons (Fsp3) is 0.571. The second-order valence-electron chi connectivity index (χ2n) is 4.39. The molecule has 0 fully saturated rings. The first kappa shape index (κ1) is 14.7. The van der Waals surface area contributed by atoms with Crippen LogP contribution in [0, 0.1) is 13.8 Å². The highest BCUT2D eigenvalue weighted by atomic mass is 35.5. The number of thiol groups is 1. The van der Waals surface area contributed by atoms with Gasteiger partial charge in [-0.15, -0.1) is 0 Å². The van der Waals surface area contributed by atoms with Gasteiger partial charge in [0.05, 0.1) is 6.61 Å². The molecule has 1 nitrogen and oxygen atoms in total. The SMILES string of the molecule is CCOc1cc(C)c(Cl)c(C)c1C(C)CCS. The highest BCUT2D eigenvalue weighted by Crippen LogP contribution is 2.37. The highest BCUT2D eigenvalue weighted by Gasteiger charge is 2.17. The Morgan fingerprint density at radius 2 is 2.06 bits per heavy atom. The fourth-order valence-corrected chi connectivity index (χ4v) is 2.71. The van der Waals surface area contributed by atoms with Crippen LogP contribution in [0.25, 0.3) is 0 Å². The Kier molecular flexibility index (Phi) is 5.68. The van der Waals surface area contributed by atoms with Crippen LogP contribution in [-0.2, 0) is 0 Å². The van der Waals surface area contributed by atoms with Gasteiger partial charge < -0.3 is 4.74 Å². The molecule has 1 unspecified atom stereocenters. The van der Waals surface area contributed by atoms with Crippen LogP contribution < -0.4 is 4.74 Å². The number of rotatable bonds is 5. The maximum atomic E-state index is 6.32. The van der Waals surface area contributed by atoms with Crippen molar-refractivity contribution in [3.05, 3.63) is 27.8 Å². The quantitative estimate of drug-likeness (QED) is 0.759. The monoisotopic (exact) mass is 272 g/mol. The van der Waals surface area contributed by atoms with E-state index >= 15 is 0 Å². The van der Waals surface area contributed by atoms with Crippen LogP contribution in [0.3, 0.4) is 0 Å². The van der Waals surface area contributed by atoms with Gasteiger partial charge in [0, 0.05) is 10.6 Å². The van der Waals surface area contributed by atoms with Gasteiger partial charge in [0.1, 0.15) is 5.75 Å². The number of halogens is 1. The van der Waals surface area contributed by atoms with Gasteiger partial charge in [0.15, 0.2) is 0 Å². The third-order valence-corrected chi connectivity index (χ3v) is 3.89. The second kappa shape index (κ2) is 6.55. The Balaban J connectivity index is 3.27. The Hall–Kier alpha value is -0.340. The Morgan fingerprint density at radius 3 is 2.59 bits per heavy atom. The lowest BCUT2D eigenvalue weighted by Gasteiger charge is -2.20. The van der Waals surface area contributed by atoms with Gasteiger partial charge in [-0.25, -0.2) is 0 Å². The van der Waals surface area contributed by atoms with Crippen LogP contribution in [0.1, 0.15) is 42.9 Å². The summed E-state index contributed by atoms with van der Waals surface area (Å²) >= 11 is 10.6. The topological polar surface area (TPSA) is 9.23 Å². The molecular weight excluding hydrogens is 252 g/mol. The van der Waals surface area contributed by atoms with Crippen molar-refractivity contribution in [1.82, 2.24) is 0 Å². The zero-order chi connectivity index (χ0) is 13.0. The normalized spacial score (nSPS) is 12.6. The van der Waals surface area contributed by atoms with Crippen LogP contribution >= 0.6 is 24.2 Å². The van der Waals surface area contributed by atoms with E-state index < -0.39 is 0 Å². The summed E-state index contributed by atoms with van der Waals surface area (Å²) in [6.07, 6.45) is 1.03. The summed E-state index contributed by atoms with van der Waals surface area (Å²) < 4.78 is 5.74. The maximum absolute atomic E-state index is 6.32. The molecule has 0 N–H and O–H groups in total. The van der Waals surface area contributed by atoms with Crippen molar-refractivity contribution < 1.29 is 4.74 Å². The predicted octanol–water partition coefficient (Wildman–Crippen LogP) is 4.78. The molecule has 17 heavy (non-hydrogen) atoms. The number of benzene rings is 1. The Bertz CT molecular complexity index is 390. The Morgan fingerprint density at radius 1 is 1.41 bits per heavy atom. The molecule has 96 valence electrons. The van der Waals surface area contributed by atoms with E-state index in [1.54, 1.807) is 0 Å². The number of hydrogen-bond donors (Lipinski definition) is 1. The second-order valence-corrected chi connectivity index (χ2v) is 5.22. The molecule has 1 aromatic rings. The van der Waals surface area contributed by atoms with Crippen LogP contribution in [0.2, 0.25) is 5.02 Å². The van der Waals surface area contributed by atoms with E-state index in [1.807, 2.05) is 19.9 Å². The maximum Gasteiger partial charge on any atom is 0.123 e. The molecule has 0 heterocycles. The summed E-state index contributed by atoms with van der Waals surface area (Å²) in [5, 5.41) is 0.856. The predicted molar refractivity (Wildman–Crippen MR) is 79.0 cm³/mol. The highest BCUT2D eigenvalue weighted by molar-refractivity contribution is 7.80. The van der Waals surface area contributed by atoms with Crippen molar-refractivity contribution in [3.8, 4) is 5.75 Å². The molecule has 3 heteroatoms. The molecule has 0 radical (unpaired) electrons. The van der Waals surface area contributed by atoms with Gasteiger partial charge in [-0.1, -0.05) is 18.5 Å². The standard InChI is InChI=1S/C14H21ClOS/c1-5-16-12-8-10(3)14(15)11(4)13(12)9(2)6-7-17/h8-9,17H,5-7H2,1-4H3. The average Bonchev–Trinajstić information content (AvgIpc) is 2.27. The molecule has 1 atom stereocenters. The van der Waals surface area contributed by atoms with Crippen molar-refractivity contribution in [2.24, 2.45) is 0 Å². The zero-order valence-electron chi connectivity index (χ0n) is 11.0. The molecule has 0 saturated carbocycles. The van der Waals surface area contributed by atoms with E-state index in [-0.39, 0.29) is 0 Å². The largest absolute Gasteiger partial charge is 0.494 e. The first-order valence-corrected chi connectivity index (χ1v) is 7.07. The van der Waals surface area contributed by atoms with Crippen LogP contribution in [0.4, 0.5) is 0 Å². The molecule has 0 aliphatic rings. The minimum absolute atomic E-state index is 0.423. The van der Waals surface area contributed by atoms with E-state index in [0.717, 1.165) is 34.1 Å². The van der Waals surface area contributed by atoms with E-state index in [1.165, 1.54) is 5.56 Å². The Labute approximate surface area is 115 Å². The zero-order valence-corrected chi connectivity index (χ0v) is 12.7. The molecule has 0 aromatic heterocycles. The third-order valence-electron chi connectivity index (χ3n) is 3.05. The first-order chi connectivity index (χ1) is 8.02. The molecule has 1 rings (SSSR count). The van der Waals surface area contributed by atoms with Gasteiger partial charge >= 0.3 is 0 Å². The summed E-state index contributed by atoms with van der Waals surface area (Å²) in [5.41, 5.74) is 3.45. The molecule has 0 saturated heterocycles. The molecular formula is C14H21ClOS. The lowest BCUT2D eigenvalue weighted by atomic mass is 9.92. The van der Waals surface area contributed by atoms with E-state index in [0.29, 0.717) is 12.5 Å². The smallest absolute Gasteiger partial charge is 0.123 e. The lowest BCUT2D eigenvalue weighted by Crippen LogP contribution is -2.05. The number of ether oxygens (including phenoxy) is 1. The van der Waals surface area contributed by atoms with Crippen LogP contribution in [0.15, 0.2) is 6.07 Å². The number of aryl methyl sites for hydroxylation is 1. The fourth-order valence-electron chi connectivity index (χ4n) is 2.16. The average molecular weight is 273 g/mol. The van der Waals surface area contributed by atoms with Crippen LogP contribution in [-0.4, -0.2) is 12.4 Å². The molecule has 1 aromatic carbocycles. The van der Waals surface area contributed by atoms with Crippen LogP contribution in [0.5, 0.6) is 5.75 Å². The third kappa shape index (κ3) is 3.32. The summed E-state index contributed by atoms with van der Waals surface area (Å²) in [5.74, 6) is 2.27. The molecule has 0 bridgehead atoms. The summed E-state index contributed by atoms with van der Waals surface area (Å²) in [6.45, 7) is 8.98. The summed E-state index contributed by atoms with van der Waals surface area (Å²) in [4.78, 5) is 0. The van der Waals surface area contributed by atoms with Gasteiger partial charge in [-0.05, 0) is 56.1 Å². The van der Waals surface area contributed by atoms with Gasteiger partial charge in [0.25, 0.3) is 0 Å². The summed E-state index contributed by atoms with van der Waals surface area (Å²) in [7, 11) is 0. The molecule has 0 aliphatic carbocycles.